The number of nitrogens with zero attached hydrogens (tertiary/aromatic N) is 4. The molecule has 0 amide bonds. The van der Waals surface area contributed by atoms with Crippen LogP contribution in [0, 0.1) is 5.92 Å². The fourth-order valence-corrected chi connectivity index (χ4v) is 5.22. The highest BCUT2D eigenvalue weighted by molar-refractivity contribution is 5.54. The smallest absolute Gasteiger partial charge is 0.225 e. The van der Waals surface area contributed by atoms with Crippen molar-refractivity contribution in [3.05, 3.63) is 11.3 Å². The van der Waals surface area contributed by atoms with Crippen molar-refractivity contribution in [2.45, 2.75) is 84.1 Å². The van der Waals surface area contributed by atoms with E-state index in [0.717, 1.165) is 44.3 Å². The Balaban J connectivity index is 1.51. The SMILES string of the molecule is CC(C)CN1CCCC[C@@H](Nc2nc3c(c(N4CCCCCC4)n2)CCC3)C1. The molecule has 1 atom stereocenters. The normalized spacial score (nSPS) is 24.1. The molecule has 3 heterocycles. The minimum Gasteiger partial charge on any atom is -0.356 e. The molecule has 0 spiro atoms. The lowest BCUT2D eigenvalue weighted by molar-refractivity contribution is 0.247. The molecule has 0 aromatic carbocycles. The second-order valence-electron chi connectivity index (χ2n) is 9.54. The predicted octanol–water partition coefficient (Wildman–Crippen LogP) is 4.27. The van der Waals surface area contributed by atoms with E-state index in [1.54, 1.807) is 0 Å². The number of hydrogen-bond acceptors (Lipinski definition) is 5. The molecule has 2 saturated heterocycles. The van der Waals surface area contributed by atoms with Gasteiger partial charge in [0.25, 0.3) is 0 Å². The molecular formula is C23H39N5. The number of anilines is 2. The zero-order valence-corrected chi connectivity index (χ0v) is 18.1. The van der Waals surface area contributed by atoms with Gasteiger partial charge in [-0.05, 0) is 57.4 Å². The first-order valence-electron chi connectivity index (χ1n) is 11.8. The Kier molecular flexibility index (Phi) is 6.71. The van der Waals surface area contributed by atoms with Crippen LogP contribution in [-0.2, 0) is 12.8 Å². The first kappa shape index (κ1) is 19.9. The lowest BCUT2D eigenvalue weighted by Crippen LogP contribution is -2.37. The second kappa shape index (κ2) is 9.43. The molecule has 1 aromatic heterocycles. The zero-order valence-electron chi connectivity index (χ0n) is 18.1. The highest BCUT2D eigenvalue weighted by atomic mass is 15.2. The maximum atomic E-state index is 5.11. The van der Waals surface area contributed by atoms with Crippen molar-refractivity contribution in [3.63, 3.8) is 0 Å². The highest BCUT2D eigenvalue weighted by Crippen LogP contribution is 2.31. The van der Waals surface area contributed by atoms with Crippen LogP contribution in [-0.4, -0.2) is 53.6 Å². The third-order valence-corrected chi connectivity index (χ3v) is 6.53. The fourth-order valence-electron chi connectivity index (χ4n) is 5.22. The van der Waals surface area contributed by atoms with Crippen molar-refractivity contribution in [1.29, 1.82) is 0 Å². The molecule has 0 unspecified atom stereocenters. The van der Waals surface area contributed by atoms with Crippen LogP contribution >= 0.6 is 0 Å². The average Bonchev–Trinajstić information content (AvgIpc) is 2.85. The average molecular weight is 386 g/mol. The van der Waals surface area contributed by atoms with Gasteiger partial charge in [-0.2, -0.15) is 4.98 Å². The van der Waals surface area contributed by atoms with Crippen molar-refractivity contribution in [2.24, 2.45) is 5.92 Å². The van der Waals surface area contributed by atoms with Gasteiger partial charge in [-0.15, -0.1) is 0 Å². The molecule has 1 aliphatic carbocycles. The number of likely N-dealkylation sites (tertiary alicyclic amines) is 1. The van der Waals surface area contributed by atoms with E-state index in [1.807, 2.05) is 0 Å². The van der Waals surface area contributed by atoms with Gasteiger partial charge in [0.05, 0.1) is 5.69 Å². The molecule has 28 heavy (non-hydrogen) atoms. The van der Waals surface area contributed by atoms with Gasteiger partial charge in [-0.25, -0.2) is 4.98 Å². The van der Waals surface area contributed by atoms with Crippen LogP contribution in [0.5, 0.6) is 0 Å². The monoisotopic (exact) mass is 385 g/mol. The van der Waals surface area contributed by atoms with Gasteiger partial charge in [0.2, 0.25) is 5.95 Å². The lowest BCUT2D eigenvalue weighted by Gasteiger charge is -2.28. The van der Waals surface area contributed by atoms with E-state index in [0.29, 0.717) is 6.04 Å². The van der Waals surface area contributed by atoms with Crippen LogP contribution in [0.3, 0.4) is 0 Å². The van der Waals surface area contributed by atoms with Gasteiger partial charge in [0.15, 0.2) is 0 Å². The van der Waals surface area contributed by atoms with Crippen LogP contribution in [0.1, 0.15) is 76.5 Å². The molecule has 2 fully saturated rings. The van der Waals surface area contributed by atoms with Crippen LogP contribution < -0.4 is 10.2 Å². The van der Waals surface area contributed by atoms with Crippen molar-refractivity contribution in [1.82, 2.24) is 14.9 Å². The summed E-state index contributed by atoms with van der Waals surface area (Å²) in [6, 6.07) is 0.470. The van der Waals surface area contributed by atoms with Gasteiger partial charge in [0, 0.05) is 37.8 Å². The van der Waals surface area contributed by atoms with E-state index in [-0.39, 0.29) is 0 Å². The Morgan fingerprint density at radius 2 is 1.71 bits per heavy atom. The number of nitrogens with one attached hydrogen (secondary N) is 1. The third-order valence-electron chi connectivity index (χ3n) is 6.53. The summed E-state index contributed by atoms with van der Waals surface area (Å²) in [5, 5.41) is 3.76. The molecule has 0 radical (unpaired) electrons. The fraction of sp³-hybridized carbons (Fsp3) is 0.826. The number of rotatable bonds is 5. The van der Waals surface area contributed by atoms with Crippen LogP contribution in [0.15, 0.2) is 0 Å². The van der Waals surface area contributed by atoms with E-state index in [9.17, 15) is 0 Å². The minimum atomic E-state index is 0.470. The van der Waals surface area contributed by atoms with Crippen molar-refractivity contribution >= 4 is 11.8 Å². The lowest BCUT2D eigenvalue weighted by atomic mass is 10.1. The van der Waals surface area contributed by atoms with E-state index in [2.05, 4.69) is 29.0 Å². The summed E-state index contributed by atoms with van der Waals surface area (Å²) >= 11 is 0. The van der Waals surface area contributed by atoms with Gasteiger partial charge >= 0.3 is 0 Å². The summed E-state index contributed by atoms with van der Waals surface area (Å²) in [7, 11) is 0. The molecule has 2 aliphatic heterocycles. The summed E-state index contributed by atoms with van der Waals surface area (Å²) in [5.41, 5.74) is 2.75. The second-order valence-corrected chi connectivity index (χ2v) is 9.54. The number of aryl methyl sites for hydroxylation is 1. The van der Waals surface area contributed by atoms with Crippen LogP contribution in [0.25, 0.3) is 0 Å². The maximum Gasteiger partial charge on any atom is 0.225 e. The summed E-state index contributed by atoms with van der Waals surface area (Å²) in [5.74, 6) is 2.86. The first-order valence-corrected chi connectivity index (χ1v) is 11.8. The van der Waals surface area contributed by atoms with E-state index < -0.39 is 0 Å². The van der Waals surface area contributed by atoms with E-state index in [4.69, 9.17) is 9.97 Å². The van der Waals surface area contributed by atoms with Gasteiger partial charge in [-0.3, -0.25) is 0 Å². The summed E-state index contributed by atoms with van der Waals surface area (Å²) < 4.78 is 0. The van der Waals surface area contributed by atoms with Gasteiger partial charge in [-0.1, -0.05) is 33.1 Å². The Bertz CT molecular complexity index is 636. The van der Waals surface area contributed by atoms with Crippen molar-refractivity contribution < 1.29 is 0 Å². The molecule has 0 saturated carbocycles. The van der Waals surface area contributed by atoms with Crippen molar-refractivity contribution in [2.75, 3.05) is 42.9 Å². The third kappa shape index (κ3) is 4.97. The molecule has 1 N–H and O–H groups in total. The molecular weight excluding hydrogens is 346 g/mol. The Labute approximate surface area is 171 Å². The first-order chi connectivity index (χ1) is 13.7. The summed E-state index contributed by atoms with van der Waals surface area (Å²) in [6.45, 7) is 10.5. The Morgan fingerprint density at radius 3 is 2.50 bits per heavy atom. The van der Waals surface area contributed by atoms with Crippen LogP contribution in [0.2, 0.25) is 0 Å². The van der Waals surface area contributed by atoms with Gasteiger partial charge < -0.3 is 15.1 Å². The Hall–Kier alpha value is -1.36. The van der Waals surface area contributed by atoms with Crippen LogP contribution in [0.4, 0.5) is 11.8 Å². The highest BCUT2D eigenvalue weighted by Gasteiger charge is 2.25. The van der Waals surface area contributed by atoms with E-state index >= 15 is 0 Å². The number of aromatic nitrogens is 2. The van der Waals surface area contributed by atoms with E-state index in [1.165, 1.54) is 81.5 Å². The van der Waals surface area contributed by atoms with Gasteiger partial charge in [0.1, 0.15) is 5.82 Å². The molecule has 1 aromatic rings. The molecule has 5 nitrogen and oxygen atoms in total. The molecule has 156 valence electrons. The standard InChI is InChI=1S/C23H39N5/c1-18(2)16-27-13-8-5-10-19(17-27)24-23-25-21-12-9-11-20(21)22(26-23)28-14-6-3-4-7-15-28/h18-19H,3-17H2,1-2H3,(H,24,25,26)/t19-/m1/s1. The molecule has 5 heteroatoms. The minimum absolute atomic E-state index is 0.470. The Morgan fingerprint density at radius 1 is 0.929 bits per heavy atom. The molecule has 4 rings (SSSR count). The maximum absolute atomic E-state index is 5.11. The topological polar surface area (TPSA) is 44.3 Å². The largest absolute Gasteiger partial charge is 0.356 e. The summed E-state index contributed by atoms with van der Waals surface area (Å²) in [6.07, 6.45) is 12.7. The zero-order chi connectivity index (χ0) is 19.3. The van der Waals surface area contributed by atoms with Crippen molar-refractivity contribution in [3.8, 4) is 0 Å². The molecule has 3 aliphatic rings. The molecule has 0 bridgehead atoms. The number of hydrogen-bond donors (Lipinski definition) is 1. The summed E-state index contributed by atoms with van der Waals surface area (Å²) in [4.78, 5) is 15.3. The predicted molar refractivity (Wildman–Crippen MR) is 117 cm³/mol. The number of fused-ring (bicyclic) bond motifs is 1. The quantitative estimate of drug-likeness (QED) is 0.820.